The van der Waals surface area contributed by atoms with Gasteiger partial charge in [0.05, 0.1) is 12.6 Å². The van der Waals surface area contributed by atoms with Crippen LogP contribution in [0.5, 0.6) is 0 Å². The third-order valence-corrected chi connectivity index (χ3v) is 3.61. The summed E-state index contributed by atoms with van der Waals surface area (Å²) in [5.74, 6) is 0.751. The first-order valence-corrected chi connectivity index (χ1v) is 7.51. The molecule has 0 amide bonds. The zero-order chi connectivity index (χ0) is 13.6. The Balaban J connectivity index is 2.34. The molecular weight excluding hydrogens is 244 g/mol. The Morgan fingerprint density at radius 1 is 1.28 bits per heavy atom. The van der Waals surface area contributed by atoms with Crippen LogP contribution in [0.2, 0.25) is 0 Å². The molecule has 1 rings (SSSR count). The molecule has 18 heavy (non-hydrogen) atoms. The SMILES string of the molecule is CC(C)(C)NC(=S)N[C@@H](CO)CC1CCCCC1. The Kier molecular flexibility index (Phi) is 6.36. The molecular formula is C14H28N2OS. The van der Waals surface area contributed by atoms with Crippen molar-refractivity contribution in [1.82, 2.24) is 10.6 Å². The first-order valence-electron chi connectivity index (χ1n) is 7.10. The fourth-order valence-electron chi connectivity index (χ4n) is 2.57. The van der Waals surface area contributed by atoms with Gasteiger partial charge in [0.15, 0.2) is 5.11 Å². The lowest BCUT2D eigenvalue weighted by Crippen LogP contribution is -2.50. The summed E-state index contributed by atoms with van der Waals surface area (Å²) in [6, 6.07) is 0.0930. The molecule has 0 aromatic carbocycles. The molecule has 1 aliphatic carbocycles. The van der Waals surface area contributed by atoms with Gasteiger partial charge < -0.3 is 15.7 Å². The van der Waals surface area contributed by atoms with Gasteiger partial charge in [0.2, 0.25) is 0 Å². The van der Waals surface area contributed by atoms with E-state index >= 15 is 0 Å². The van der Waals surface area contributed by atoms with E-state index in [0.717, 1.165) is 12.3 Å². The number of aliphatic hydroxyl groups excluding tert-OH is 1. The van der Waals surface area contributed by atoms with Crippen LogP contribution in [0.1, 0.15) is 59.3 Å². The number of hydrogen-bond acceptors (Lipinski definition) is 2. The molecule has 3 N–H and O–H groups in total. The van der Waals surface area contributed by atoms with Crippen LogP contribution >= 0.6 is 12.2 Å². The van der Waals surface area contributed by atoms with E-state index in [2.05, 4.69) is 31.4 Å². The Morgan fingerprint density at radius 3 is 2.39 bits per heavy atom. The first-order chi connectivity index (χ1) is 8.40. The lowest BCUT2D eigenvalue weighted by molar-refractivity contribution is 0.216. The number of rotatable bonds is 4. The van der Waals surface area contributed by atoms with Crippen molar-refractivity contribution in [3.05, 3.63) is 0 Å². The molecule has 1 atom stereocenters. The minimum absolute atomic E-state index is 0.0328. The van der Waals surface area contributed by atoms with Crippen LogP contribution < -0.4 is 10.6 Å². The lowest BCUT2D eigenvalue weighted by Gasteiger charge is -2.29. The van der Waals surface area contributed by atoms with E-state index in [4.69, 9.17) is 12.2 Å². The second-order valence-electron chi connectivity index (χ2n) is 6.47. The monoisotopic (exact) mass is 272 g/mol. The predicted molar refractivity (Wildman–Crippen MR) is 80.7 cm³/mol. The number of thiocarbonyl (C=S) groups is 1. The summed E-state index contributed by atoms with van der Waals surface area (Å²) in [4.78, 5) is 0. The van der Waals surface area contributed by atoms with E-state index in [0.29, 0.717) is 5.11 Å². The number of aliphatic hydroxyl groups is 1. The summed E-state index contributed by atoms with van der Waals surface area (Å²) < 4.78 is 0. The molecule has 1 aliphatic rings. The maximum absolute atomic E-state index is 9.45. The summed E-state index contributed by atoms with van der Waals surface area (Å²) in [7, 11) is 0. The minimum Gasteiger partial charge on any atom is -0.394 e. The zero-order valence-corrected chi connectivity index (χ0v) is 12.8. The molecule has 0 aromatic heterocycles. The van der Waals surface area contributed by atoms with Crippen LogP contribution in [0.3, 0.4) is 0 Å². The molecule has 1 fully saturated rings. The van der Waals surface area contributed by atoms with Gasteiger partial charge in [0, 0.05) is 5.54 Å². The topological polar surface area (TPSA) is 44.3 Å². The zero-order valence-electron chi connectivity index (χ0n) is 12.0. The molecule has 0 heterocycles. The molecule has 0 spiro atoms. The molecule has 0 aromatic rings. The summed E-state index contributed by atoms with van der Waals surface area (Å²) in [6.07, 6.45) is 7.69. The van der Waals surface area contributed by atoms with Crippen molar-refractivity contribution in [2.24, 2.45) is 5.92 Å². The first kappa shape index (κ1) is 15.7. The van der Waals surface area contributed by atoms with Crippen molar-refractivity contribution in [3.63, 3.8) is 0 Å². The Bertz CT molecular complexity index is 257. The average Bonchev–Trinajstić information content (AvgIpc) is 2.27. The standard InChI is InChI=1S/C14H28N2OS/c1-14(2,3)16-13(18)15-12(10-17)9-11-7-5-4-6-8-11/h11-12,17H,4-10H2,1-3H3,(H2,15,16,18)/t12-/m1/s1. The highest BCUT2D eigenvalue weighted by atomic mass is 32.1. The van der Waals surface area contributed by atoms with Gasteiger partial charge in [-0.1, -0.05) is 32.1 Å². The molecule has 4 heteroatoms. The molecule has 0 aliphatic heterocycles. The maximum Gasteiger partial charge on any atom is 0.166 e. The third-order valence-electron chi connectivity index (χ3n) is 3.39. The van der Waals surface area contributed by atoms with Crippen molar-refractivity contribution < 1.29 is 5.11 Å². The molecule has 0 saturated heterocycles. The highest BCUT2D eigenvalue weighted by Crippen LogP contribution is 2.27. The average molecular weight is 272 g/mol. The fraction of sp³-hybridized carbons (Fsp3) is 0.929. The minimum atomic E-state index is -0.0328. The van der Waals surface area contributed by atoms with Crippen molar-refractivity contribution >= 4 is 17.3 Å². The second kappa shape index (κ2) is 7.29. The smallest absolute Gasteiger partial charge is 0.166 e. The predicted octanol–water partition coefficient (Wildman–Crippen LogP) is 2.58. The van der Waals surface area contributed by atoms with Gasteiger partial charge in [0.1, 0.15) is 0 Å². The third kappa shape index (κ3) is 6.55. The van der Waals surface area contributed by atoms with E-state index in [1.807, 2.05) is 0 Å². The van der Waals surface area contributed by atoms with Gasteiger partial charge >= 0.3 is 0 Å². The number of hydrogen-bond donors (Lipinski definition) is 3. The van der Waals surface area contributed by atoms with E-state index in [1.54, 1.807) is 0 Å². The maximum atomic E-state index is 9.45. The van der Waals surface area contributed by atoms with Crippen molar-refractivity contribution in [2.45, 2.75) is 70.9 Å². The highest BCUT2D eigenvalue weighted by Gasteiger charge is 2.20. The van der Waals surface area contributed by atoms with E-state index in [9.17, 15) is 5.11 Å². The van der Waals surface area contributed by atoms with Crippen molar-refractivity contribution in [3.8, 4) is 0 Å². The van der Waals surface area contributed by atoms with Crippen LogP contribution in [-0.2, 0) is 0 Å². The Hall–Kier alpha value is -0.350. The summed E-state index contributed by atoms with van der Waals surface area (Å²) >= 11 is 5.28. The summed E-state index contributed by atoms with van der Waals surface area (Å²) in [5.41, 5.74) is -0.0328. The molecule has 0 unspecified atom stereocenters. The van der Waals surface area contributed by atoms with Gasteiger partial charge in [-0.3, -0.25) is 0 Å². The second-order valence-corrected chi connectivity index (χ2v) is 6.88. The van der Waals surface area contributed by atoms with Crippen LogP contribution in [0.25, 0.3) is 0 Å². The van der Waals surface area contributed by atoms with Gasteiger partial charge in [-0.2, -0.15) is 0 Å². The van der Waals surface area contributed by atoms with E-state index < -0.39 is 0 Å². The molecule has 3 nitrogen and oxygen atoms in total. The summed E-state index contributed by atoms with van der Waals surface area (Å²) in [5, 5.41) is 16.6. The van der Waals surface area contributed by atoms with Crippen molar-refractivity contribution in [1.29, 1.82) is 0 Å². The quantitative estimate of drug-likeness (QED) is 0.688. The highest BCUT2D eigenvalue weighted by molar-refractivity contribution is 7.80. The number of nitrogens with one attached hydrogen (secondary N) is 2. The molecule has 106 valence electrons. The van der Waals surface area contributed by atoms with Crippen LogP contribution in [0.15, 0.2) is 0 Å². The Morgan fingerprint density at radius 2 is 1.89 bits per heavy atom. The molecule has 0 bridgehead atoms. The fourth-order valence-corrected chi connectivity index (χ4v) is 3.04. The van der Waals surface area contributed by atoms with Gasteiger partial charge in [-0.05, 0) is 45.3 Å². The Labute approximate surface area is 117 Å². The largest absolute Gasteiger partial charge is 0.394 e. The van der Waals surface area contributed by atoms with Crippen LogP contribution in [0, 0.1) is 5.92 Å². The summed E-state index contributed by atoms with van der Waals surface area (Å²) in [6.45, 7) is 6.39. The van der Waals surface area contributed by atoms with Crippen LogP contribution in [-0.4, -0.2) is 28.4 Å². The van der Waals surface area contributed by atoms with Gasteiger partial charge in [-0.25, -0.2) is 0 Å². The van der Waals surface area contributed by atoms with E-state index in [-0.39, 0.29) is 18.2 Å². The van der Waals surface area contributed by atoms with Crippen molar-refractivity contribution in [2.75, 3.05) is 6.61 Å². The lowest BCUT2D eigenvalue weighted by atomic mass is 9.85. The van der Waals surface area contributed by atoms with Gasteiger partial charge in [0.25, 0.3) is 0 Å². The molecule has 1 saturated carbocycles. The van der Waals surface area contributed by atoms with Crippen LogP contribution in [0.4, 0.5) is 0 Å². The van der Waals surface area contributed by atoms with Gasteiger partial charge in [-0.15, -0.1) is 0 Å². The van der Waals surface area contributed by atoms with E-state index in [1.165, 1.54) is 32.1 Å². The normalized spacial score (nSPS) is 19.3. The molecule has 0 radical (unpaired) electrons.